The SMILES string of the molecule is Cc1c(Cl)cccc1N1C(=O)C(SCc2ccccc2)=C(c2ccccc2)C1=O. The van der Waals surface area contributed by atoms with Gasteiger partial charge in [-0.3, -0.25) is 9.59 Å². The molecule has 0 aromatic heterocycles. The van der Waals surface area contributed by atoms with Crippen molar-refractivity contribution in [2.75, 3.05) is 4.90 Å². The highest BCUT2D eigenvalue weighted by Gasteiger charge is 2.40. The van der Waals surface area contributed by atoms with Gasteiger partial charge in [0.1, 0.15) is 0 Å². The molecule has 144 valence electrons. The Morgan fingerprint density at radius 3 is 2.17 bits per heavy atom. The van der Waals surface area contributed by atoms with Crippen molar-refractivity contribution < 1.29 is 9.59 Å². The predicted octanol–water partition coefficient (Wildman–Crippen LogP) is 5.87. The Bertz CT molecular complexity index is 1110. The van der Waals surface area contributed by atoms with Gasteiger partial charge in [0.25, 0.3) is 11.8 Å². The highest BCUT2D eigenvalue weighted by Crippen LogP contribution is 2.41. The van der Waals surface area contributed by atoms with Crippen LogP contribution in [0.15, 0.2) is 83.8 Å². The lowest BCUT2D eigenvalue weighted by atomic mass is 10.1. The fourth-order valence-electron chi connectivity index (χ4n) is 3.29. The number of thioether (sulfide) groups is 1. The van der Waals surface area contributed by atoms with Crippen molar-refractivity contribution in [3.63, 3.8) is 0 Å². The Morgan fingerprint density at radius 2 is 1.48 bits per heavy atom. The van der Waals surface area contributed by atoms with Gasteiger partial charge in [-0.05, 0) is 35.7 Å². The third-order valence-corrected chi connectivity index (χ3v) is 6.36. The second-order valence-electron chi connectivity index (χ2n) is 6.67. The first-order chi connectivity index (χ1) is 14.1. The highest BCUT2D eigenvalue weighted by molar-refractivity contribution is 8.03. The molecule has 0 spiro atoms. The molecule has 0 unspecified atom stereocenters. The molecule has 1 aliphatic rings. The van der Waals surface area contributed by atoms with Gasteiger partial charge < -0.3 is 0 Å². The van der Waals surface area contributed by atoms with Gasteiger partial charge in [0.2, 0.25) is 0 Å². The van der Waals surface area contributed by atoms with Gasteiger partial charge in [-0.1, -0.05) is 78.3 Å². The number of rotatable bonds is 5. The highest BCUT2D eigenvalue weighted by atomic mass is 35.5. The molecule has 5 heteroatoms. The van der Waals surface area contributed by atoms with Gasteiger partial charge in [-0.2, -0.15) is 0 Å². The van der Waals surface area contributed by atoms with Crippen molar-refractivity contribution in [3.8, 4) is 0 Å². The van der Waals surface area contributed by atoms with Crippen molar-refractivity contribution >= 4 is 46.4 Å². The maximum Gasteiger partial charge on any atom is 0.272 e. The number of carbonyl (C=O) groups is 2. The summed E-state index contributed by atoms with van der Waals surface area (Å²) in [4.78, 5) is 28.5. The van der Waals surface area contributed by atoms with Crippen LogP contribution in [0.1, 0.15) is 16.7 Å². The molecule has 0 N–H and O–H groups in total. The van der Waals surface area contributed by atoms with Crippen LogP contribution in [0.4, 0.5) is 5.69 Å². The molecule has 0 aliphatic carbocycles. The monoisotopic (exact) mass is 419 g/mol. The van der Waals surface area contributed by atoms with E-state index in [1.807, 2.05) is 67.6 Å². The number of benzene rings is 3. The number of amides is 2. The average Bonchev–Trinajstić information content (AvgIpc) is 2.99. The Kier molecular flexibility index (Phi) is 5.56. The summed E-state index contributed by atoms with van der Waals surface area (Å²) in [5.41, 5.74) is 3.50. The molecule has 0 saturated carbocycles. The zero-order valence-electron chi connectivity index (χ0n) is 15.8. The first kappa shape index (κ1) is 19.5. The summed E-state index contributed by atoms with van der Waals surface area (Å²) in [6.45, 7) is 1.82. The molecule has 3 aromatic carbocycles. The van der Waals surface area contributed by atoms with E-state index in [-0.39, 0.29) is 11.8 Å². The summed E-state index contributed by atoms with van der Waals surface area (Å²) >= 11 is 7.65. The molecule has 0 fully saturated rings. The lowest BCUT2D eigenvalue weighted by Gasteiger charge is -2.18. The minimum atomic E-state index is -0.317. The van der Waals surface area contributed by atoms with E-state index in [0.29, 0.717) is 32.5 Å². The Labute approximate surface area is 179 Å². The van der Waals surface area contributed by atoms with Crippen LogP contribution >= 0.6 is 23.4 Å². The molecule has 0 radical (unpaired) electrons. The van der Waals surface area contributed by atoms with Crippen LogP contribution in [0.25, 0.3) is 5.57 Å². The minimum Gasteiger partial charge on any atom is -0.268 e. The molecular formula is C24H18ClNO2S. The fraction of sp³-hybridized carbons (Fsp3) is 0.0833. The molecule has 0 atom stereocenters. The number of nitrogens with zero attached hydrogens (tertiary/aromatic N) is 1. The zero-order chi connectivity index (χ0) is 20.4. The van der Waals surface area contributed by atoms with Crippen LogP contribution in [-0.4, -0.2) is 11.8 Å². The van der Waals surface area contributed by atoms with Crippen LogP contribution < -0.4 is 4.90 Å². The van der Waals surface area contributed by atoms with Crippen molar-refractivity contribution in [1.29, 1.82) is 0 Å². The third kappa shape index (κ3) is 3.74. The number of anilines is 1. The Hall–Kier alpha value is -2.82. The van der Waals surface area contributed by atoms with Crippen LogP contribution in [-0.2, 0) is 15.3 Å². The zero-order valence-corrected chi connectivity index (χ0v) is 17.3. The lowest BCUT2D eigenvalue weighted by molar-refractivity contribution is -0.119. The number of carbonyl (C=O) groups excluding carboxylic acids is 2. The normalized spacial score (nSPS) is 14.1. The largest absolute Gasteiger partial charge is 0.272 e. The summed E-state index contributed by atoms with van der Waals surface area (Å²) in [7, 11) is 0. The second kappa shape index (κ2) is 8.27. The first-order valence-corrected chi connectivity index (χ1v) is 10.5. The molecule has 4 rings (SSSR count). The molecule has 1 aliphatic heterocycles. The van der Waals surface area contributed by atoms with E-state index in [1.165, 1.54) is 16.7 Å². The van der Waals surface area contributed by atoms with E-state index < -0.39 is 0 Å². The number of hydrogen-bond donors (Lipinski definition) is 0. The van der Waals surface area contributed by atoms with E-state index >= 15 is 0 Å². The number of halogens is 1. The summed E-state index contributed by atoms with van der Waals surface area (Å²) in [5, 5.41) is 0.523. The summed E-state index contributed by atoms with van der Waals surface area (Å²) in [5.74, 6) is -0.0178. The smallest absolute Gasteiger partial charge is 0.268 e. The molecular weight excluding hydrogens is 402 g/mol. The quantitative estimate of drug-likeness (QED) is 0.485. The van der Waals surface area contributed by atoms with Gasteiger partial charge >= 0.3 is 0 Å². The van der Waals surface area contributed by atoms with Gasteiger partial charge in [0, 0.05) is 10.8 Å². The van der Waals surface area contributed by atoms with Crippen LogP contribution in [0.2, 0.25) is 5.02 Å². The topological polar surface area (TPSA) is 37.4 Å². The fourth-order valence-corrected chi connectivity index (χ4v) is 4.53. The lowest BCUT2D eigenvalue weighted by Crippen LogP contribution is -2.32. The van der Waals surface area contributed by atoms with Crippen molar-refractivity contribution in [1.82, 2.24) is 0 Å². The van der Waals surface area contributed by atoms with E-state index in [1.54, 1.807) is 18.2 Å². The molecule has 2 amide bonds. The maximum absolute atomic E-state index is 13.4. The van der Waals surface area contributed by atoms with Crippen LogP contribution in [0.3, 0.4) is 0 Å². The third-order valence-electron chi connectivity index (χ3n) is 4.81. The van der Waals surface area contributed by atoms with Gasteiger partial charge in [0.15, 0.2) is 0 Å². The summed E-state index contributed by atoms with van der Waals surface area (Å²) in [6, 6.07) is 24.5. The van der Waals surface area contributed by atoms with Crippen LogP contribution in [0.5, 0.6) is 0 Å². The van der Waals surface area contributed by atoms with E-state index in [2.05, 4.69) is 0 Å². The van der Waals surface area contributed by atoms with E-state index in [9.17, 15) is 9.59 Å². The minimum absolute atomic E-state index is 0.305. The second-order valence-corrected chi connectivity index (χ2v) is 8.07. The molecule has 0 bridgehead atoms. The molecule has 29 heavy (non-hydrogen) atoms. The maximum atomic E-state index is 13.4. The molecule has 1 heterocycles. The standard InChI is InChI=1S/C24H18ClNO2S/c1-16-19(25)13-8-14-20(16)26-23(27)21(18-11-6-3-7-12-18)22(24(26)28)29-15-17-9-4-2-5-10-17/h2-14H,15H2,1H3. The molecule has 3 aromatic rings. The molecule has 3 nitrogen and oxygen atoms in total. The number of imide groups is 1. The van der Waals surface area contributed by atoms with Gasteiger partial charge in [-0.25, -0.2) is 4.90 Å². The summed E-state index contributed by atoms with van der Waals surface area (Å²) in [6.07, 6.45) is 0. The molecule has 0 saturated heterocycles. The Balaban J connectivity index is 1.77. The van der Waals surface area contributed by atoms with Crippen molar-refractivity contribution in [2.45, 2.75) is 12.7 Å². The number of hydrogen-bond acceptors (Lipinski definition) is 3. The van der Waals surface area contributed by atoms with E-state index in [4.69, 9.17) is 11.6 Å². The van der Waals surface area contributed by atoms with Gasteiger partial charge in [0.05, 0.1) is 16.2 Å². The Morgan fingerprint density at radius 1 is 0.828 bits per heavy atom. The summed E-state index contributed by atoms with van der Waals surface area (Å²) < 4.78 is 0. The predicted molar refractivity (Wildman–Crippen MR) is 120 cm³/mol. The van der Waals surface area contributed by atoms with Crippen LogP contribution in [0, 0.1) is 6.92 Å². The van der Waals surface area contributed by atoms with Crippen molar-refractivity contribution in [2.24, 2.45) is 0 Å². The first-order valence-electron chi connectivity index (χ1n) is 9.18. The average molecular weight is 420 g/mol. The van der Waals surface area contributed by atoms with Gasteiger partial charge in [-0.15, -0.1) is 11.8 Å². The van der Waals surface area contributed by atoms with Crippen molar-refractivity contribution in [3.05, 3.63) is 105 Å². The van der Waals surface area contributed by atoms with E-state index in [0.717, 1.165) is 11.1 Å².